The van der Waals surface area contributed by atoms with Gasteiger partial charge in [0.2, 0.25) is 0 Å². The Hall–Kier alpha value is -2.12. The lowest BCUT2D eigenvalue weighted by molar-refractivity contribution is 0.0946. The number of aromatic nitrogens is 2. The number of carbonyl (C=O) groups is 1. The van der Waals surface area contributed by atoms with Crippen molar-refractivity contribution in [2.75, 3.05) is 19.6 Å². The maximum atomic E-state index is 13.2. The molecule has 3 N–H and O–H groups in total. The number of amides is 1. The van der Waals surface area contributed by atoms with Crippen LogP contribution < -0.4 is 10.6 Å². The van der Waals surface area contributed by atoms with E-state index in [0.717, 1.165) is 13.0 Å². The van der Waals surface area contributed by atoms with E-state index in [1.807, 2.05) is 0 Å². The van der Waals surface area contributed by atoms with Crippen LogP contribution in [0.1, 0.15) is 29.4 Å². The third-order valence-electron chi connectivity index (χ3n) is 3.33. The number of halogens is 2. The van der Waals surface area contributed by atoms with Gasteiger partial charge in [-0.2, -0.15) is 5.10 Å². The van der Waals surface area contributed by atoms with Crippen molar-refractivity contribution >= 4 is 18.3 Å². The van der Waals surface area contributed by atoms with Crippen molar-refractivity contribution < 1.29 is 14.3 Å². The topological polar surface area (TPSA) is 79.2 Å². The van der Waals surface area contributed by atoms with Crippen LogP contribution in [0.5, 0.6) is 5.75 Å². The van der Waals surface area contributed by atoms with Gasteiger partial charge < -0.3 is 15.7 Å². The molecule has 24 heavy (non-hydrogen) atoms. The zero-order chi connectivity index (χ0) is 16.8. The fourth-order valence-corrected chi connectivity index (χ4v) is 2.18. The summed E-state index contributed by atoms with van der Waals surface area (Å²) in [4.78, 5) is 12.0. The average molecular weight is 357 g/mol. The number of hydrogen-bond acceptors (Lipinski definition) is 4. The molecule has 1 heterocycles. The van der Waals surface area contributed by atoms with Crippen molar-refractivity contribution in [2.24, 2.45) is 0 Å². The van der Waals surface area contributed by atoms with Gasteiger partial charge in [-0.1, -0.05) is 6.92 Å². The van der Waals surface area contributed by atoms with Crippen LogP contribution in [-0.2, 0) is 0 Å². The number of nitrogens with one attached hydrogen (secondary N) is 2. The number of rotatable bonds is 7. The van der Waals surface area contributed by atoms with E-state index >= 15 is 0 Å². The van der Waals surface area contributed by atoms with Gasteiger partial charge in [0.05, 0.1) is 11.9 Å². The first kappa shape index (κ1) is 19.9. The molecule has 1 amide bonds. The predicted molar refractivity (Wildman–Crippen MR) is 92.7 cm³/mol. The lowest BCUT2D eigenvalue weighted by atomic mass is 10.2. The molecule has 1 aromatic carbocycles. The van der Waals surface area contributed by atoms with Gasteiger partial charge in [0, 0.05) is 13.1 Å². The highest BCUT2D eigenvalue weighted by molar-refractivity contribution is 5.94. The summed E-state index contributed by atoms with van der Waals surface area (Å²) in [6.07, 6.45) is 2.36. The molecule has 8 heteroatoms. The van der Waals surface area contributed by atoms with Gasteiger partial charge in [0.25, 0.3) is 5.91 Å². The summed E-state index contributed by atoms with van der Waals surface area (Å²) in [5, 5.41) is 19.9. The maximum absolute atomic E-state index is 13.2. The molecule has 0 saturated heterocycles. The van der Waals surface area contributed by atoms with Gasteiger partial charge in [-0.3, -0.25) is 4.79 Å². The van der Waals surface area contributed by atoms with Crippen LogP contribution in [0.4, 0.5) is 4.39 Å². The molecule has 0 atom stereocenters. The predicted octanol–water partition coefficient (Wildman–Crippen LogP) is 2.18. The summed E-state index contributed by atoms with van der Waals surface area (Å²) in [5.41, 5.74) is 1.21. The van der Waals surface area contributed by atoms with Gasteiger partial charge in [-0.25, -0.2) is 9.07 Å². The minimum atomic E-state index is -0.445. The van der Waals surface area contributed by atoms with Gasteiger partial charge >= 0.3 is 0 Å². The molecular weight excluding hydrogens is 335 g/mol. The quantitative estimate of drug-likeness (QED) is 0.664. The summed E-state index contributed by atoms with van der Waals surface area (Å²) in [5.74, 6) is -1.01. The molecule has 0 unspecified atom stereocenters. The van der Waals surface area contributed by atoms with E-state index < -0.39 is 5.91 Å². The first-order chi connectivity index (χ1) is 11.0. The smallest absolute Gasteiger partial charge is 0.275 e. The van der Waals surface area contributed by atoms with Crippen LogP contribution >= 0.6 is 12.4 Å². The van der Waals surface area contributed by atoms with E-state index in [1.54, 1.807) is 13.0 Å². The summed E-state index contributed by atoms with van der Waals surface area (Å²) in [6, 6.07) is 4.22. The van der Waals surface area contributed by atoms with Crippen LogP contribution in [0.2, 0.25) is 0 Å². The molecule has 0 fully saturated rings. The molecule has 0 aliphatic heterocycles. The van der Waals surface area contributed by atoms with Gasteiger partial charge in [0.1, 0.15) is 5.82 Å². The molecule has 2 rings (SSSR count). The molecule has 0 bridgehead atoms. The molecule has 0 aliphatic rings. The second-order valence-electron chi connectivity index (χ2n) is 5.24. The van der Waals surface area contributed by atoms with Crippen LogP contribution in [0, 0.1) is 12.7 Å². The highest BCUT2D eigenvalue weighted by Crippen LogP contribution is 2.20. The number of nitrogens with zero attached hydrogens (tertiary/aromatic N) is 2. The van der Waals surface area contributed by atoms with E-state index in [1.165, 1.54) is 23.0 Å². The minimum Gasteiger partial charge on any atom is -0.504 e. The van der Waals surface area contributed by atoms with Crippen molar-refractivity contribution in [2.45, 2.75) is 20.3 Å². The molecule has 132 valence electrons. The fraction of sp³-hybridized carbons (Fsp3) is 0.375. The van der Waals surface area contributed by atoms with Crippen molar-refractivity contribution in [3.05, 3.63) is 41.5 Å². The van der Waals surface area contributed by atoms with E-state index in [2.05, 4.69) is 22.7 Å². The largest absolute Gasteiger partial charge is 0.504 e. The summed E-state index contributed by atoms with van der Waals surface area (Å²) in [6.45, 7) is 5.78. The molecule has 2 aromatic rings. The number of aromatic hydroxyl groups is 1. The Kier molecular flexibility index (Phi) is 7.67. The average Bonchev–Trinajstić information content (AvgIpc) is 2.88. The second-order valence-corrected chi connectivity index (χ2v) is 5.24. The molecule has 0 aliphatic carbocycles. The Morgan fingerprint density at radius 3 is 2.75 bits per heavy atom. The Balaban J connectivity index is 0.00000288. The molecule has 0 radical (unpaired) electrons. The maximum Gasteiger partial charge on any atom is 0.275 e. The summed E-state index contributed by atoms with van der Waals surface area (Å²) in [7, 11) is 0. The van der Waals surface area contributed by atoms with Gasteiger partial charge in [-0.05, 0) is 43.7 Å². The fourth-order valence-electron chi connectivity index (χ4n) is 2.18. The van der Waals surface area contributed by atoms with Crippen molar-refractivity contribution in [1.82, 2.24) is 20.4 Å². The Morgan fingerprint density at radius 1 is 1.33 bits per heavy atom. The van der Waals surface area contributed by atoms with Crippen LogP contribution in [0.3, 0.4) is 0 Å². The Bertz CT molecular complexity index is 691. The van der Waals surface area contributed by atoms with E-state index in [4.69, 9.17) is 0 Å². The number of carbonyl (C=O) groups excluding carboxylic acids is 1. The van der Waals surface area contributed by atoms with Crippen LogP contribution in [0.25, 0.3) is 5.69 Å². The van der Waals surface area contributed by atoms with E-state index in [-0.39, 0.29) is 29.7 Å². The first-order valence-electron chi connectivity index (χ1n) is 7.57. The van der Waals surface area contributed by atoms with Crippen molar-refractivity contribution in [3.8, 4) is 11.4 Å². The zero-order valence-electron chi connectivity index (χ0n) is 13.7. The molecule has 0 spiro atoms. The molecule has 1 aromatic heterocycles. The van der Waals surface area contributed by atoms with Crippen molar-refractivity contribution in [1.29, 1.82) is 0 Å². The van der Waals surface area contributed by atoms with E-state index in [0.29, 0.717) is 24.3 Å². The van der Waals surface area contributed by atoms with Crippen molar-refractivity contribution in [3.63, 3.8) is 0 Å². The zero-order valence-corrected chi connectivity index (χ0v) is 14.5. The number of benzene rings is 1. The highest BCUT2D eigenvalue weighted by Gasteiger charge is 2.17. The monoisotopic (exact) mass is 356 g/mol. The Morgan fingerprint density at radius 2 is 2.08 bits per heavy atom. The summed E-state index contributed by atoms with van der Waals surface area (Å²) >= 11 is 0. The lowest BCUT2D eigenvalue weighted by Crippen LogP contribution is -2.32. The highest BCUT2D eigenvalue weighted by atomic mass is 35.5. The second kappa shape index (κ2) is 9.24. The molecule has 0 saturated carbocycles. The standard InChI is InChI=1S/C16H21FN4O2.ClH/c1-3-6-18-7-8-19-16(23)15-14(22)10-21(20-15)13-5-4-12(17)9-11(13)2;/h4-5,9-10,18,22H,3,6-8H2,1-2H3,(H,19,23);1H. The summed E-state index contributed by atoms with van der Waals surface area (Å²) < 4.78 is 14.5. The third-order valence-corrected chi connectivity index (χ3v) is 3.33. The normalized spacial score (nSPS) is 10.3. The SMILES string of the molecule is CCCNCCNC(=O)c1nn(-c2ccc(F)cc2C)cc1O.Cl. The lowest BCUT2D eigenvalue weighted by Gasteiger charge is -2.06. The van der Waals surface area contributed by atoms with Gasteiger partial charge in [-0.15, -0.1) is 12.4 Å². The first-order valence-corrected chi connectivity index (χ1v) is 7.57. The van der Waals surface area contributed by atoms with Crippen LogP contribution in [-0.4, -0.2) is 40.4 Å². The Labute approximate surface area is 146 Å². The minimum absolute atomic E-state index is 0. The number of aryl methyl sites for hydroxylation is 1. The number of hydrogen-bond donors (Lipinski definition) is 3. The van der Waals surface area contributed by atoms with E-state index in [9.17, 15) is 14.3 Å². The van der Waals surface area contributed by atoms with Gasteiger partial charge in [0.15, 0.2) is 11.4 Å². The molecule has 6 nitrogen and oxygen atoms in total. The molecular formula is C16H22ClFN4O2. The van der Waals surface area contributed by atoms with Crippen LogP contribution in [0.15, 0.2) is 24.4 Å². The third kappa shape index (κ3) is 4.94.